The Labute approximate surface area is 128 Å². The molecule has 0 aliphatic heterocycles. The molecule has 110 valence electrons. The minimum Gasteiger partial charge on any atom is -0.398 e. The highest BCUT2D eigenvalue weighted by atomic mass is 35.5. The summed E-state index contributed by atoms with van der Waals surface area (Å²) in [5.41, 5.74) is 9.59. The number of aryl methyl sites for hydroxylation is 3. The van der Waals surface area contributed by atoms with Crippen LogP contribution in [0.5, 0.6) is 0 Å². The molecule has 1 aromatic heterocycles. The van der Waals surface area contributed by atoms with Crippen molar-refractivity contribution in [2.75, 3.05) is 11.1 Å². The van der Waals surface area contributed by atoms with Crippen LogP contribution in [0.4, 0.5) is 11.4 Å². The Kier molecular flexibility index (Phi) is 4.43. The number of nitrogens with zero attached hydrogens (tertiary/aromatic N) is 2. The van der Waals surface area contributed by atoms with Crippen LogP contribution in [0.1, 0.15) is 34.2 Å². The molecule has 0 spiro atoms. The summed E-state index contributed by atoms with van der Waals surface area (Å²) in [4.78, 5) is 12.4. The second-order valence-corrected chi connectivity index (χ2v) is 5.25. The molecule has 0 atom stereocenters. The van der Waals surface area contributed by atoms with E-state index in [2.05, 4.69) is 15.5 Å². The van der Waals surface area contributed by atoms with Crippen molar-refractivity contribution in [1.82, 2.24) is 10.2 Å². The number of rotatable bonds is 3. The van der Waals surface area contributed by atoms with Gasteiger partial charge in [-0.2, -0.15) is 10.2 Å². The number of hydrogen-bond donors (Lipinski definition) is 2. The van der Waals surface area contributed by atoms with Crippen LogP contribution in [0.3, 0.4) is 0 Å². The summed E-state index contributed by atoms with van der Waals surface area (Å²) in [6, 6.07) is 5.11. The van der Waals surface area contributed by atoms with Gasteiger partial charge in [0.25, 0.3) is 5.91 Å². The highest BCUT2D eigenvalue weighted by Crippen LogP contribution is 2.27. The first-order valence-electron chi connectivity index (χ1n) is 6.62. The summed E-state index contributed by atoms with van der Waals surface area (Å²) < 4.78 is 0. The zero-order chi connectivity index (χ0) is 15.6. The van der Waals surface area contributed by atoms with Crippen molar-refractivity contribution in [3.05, 3.63) is 45.7 Å². The highest BCUT2D eigenvalue weighted by molar-refractivity contribution is 6.33. The molecule has 0 fully saturated rings. The molecule has 21 heavy (non-hydrogen) atoms. The van der Waals surface area contributed by atoms with Crippen molar-refractivity contribution in [3.8, 4) is 0 Å². The predicted molar refractivity (Wildman–Crippen MR) is 84.7 cm³/mol. The molecule has 0 aliphatic carbocycles. The SMILES string of the molecule is CCc1nnc(C)cc1C(=O)Nc1cc(Cl)c(N)cc1C. The molecule has 3 N–H and O–H groups in total. The van der Waals surface area contributed by atoms with Crippen LogP contribution in [-0.4, -0.2) is 16.1 Å². The number of nitrogen functional groups attached to an aromatic ring is 1. The first kappa shape index (κ1) is 15.3. The Morgan fingerprint density at radius 3 is 2.67 bits per heavy atom. The number of hydrogen-bond acceptors (Lipinski definition) is 4. The van der Waals surface area contributed by atoms with Crippen molar-refractivity contribution in [1.29, 1.82) is 0 Å². The summed E-state index contributed by atoms with van der Waals surface area (Å²) in [5.74, 6) is -0.228. The fourth-order valence-electron chi connectivity index (χ4n) is 2.00. The number of carbonyl (C=O) groups excluding carboxylic acids is 1. The number of amides is 1. The van der Waals surface area contributed by atoms with Gasteiger partial charge in [0.05, 0.1) is 27.7 Å². The summed E-state index contributed by atoms with van der Waals surface area (Å²) in [6.07, 6.45) is 0.636. The number of aromatic nitrogens is 2. The molecule has 0 saturated heterocycles. The minimum atomic E-state index is -0.228. The first-order valence-corrected chi connectivity index (χ1v) is 7.00. The maximum absolute atomic E-state index is 12.4. The van der Waals surface area contributed by atoms with Crippen molar-refractivity contribution in [2.24, 2.45) is 0 Å². The van der Waals surface area contributed by atoms with Crippen LogP contribution in [0.2, 0.25) is 5.02 Å². The fourth-order valence-corrected chi connectivity index (χ4v) is 2.16. The Hall–Kier alpha value is -2.14. The lowest BCUT2D eigenvalue weighted by atomic mass is 10.1. The van der Waals surface area contributed by atoms with Crippen LogP contribution in [0, 0.1) is 13.8 Å². The Morgan fingerprint density at radius 1 is 1.29 bits per heavy atom. The standard InChI is InChI=1S/C15H17ClN4O/c1-4-13-10(6-9(3)19-20-13)15(21)18-14-7-11(16)12(17)5-8(14)2/h5-7H,4,17H2,1-3H3,(H,18,21). The molecule has 0 aliphatic rings. The van der Waals surface area contributed by atoms with Gasteiger partial charge in [0, 0.05) is 5.69 Å². The maximum Gasteiger partial charge on any atom is 0.257 e. The first-order chi connectivity index (χ1) is 9.92. The third kappa shape index (κ3) is 3.31. The summed E-state index contributed by atoms with van der Waals surface area (Å²) >= 11 is 6.00. The molecule has 0 radical (unpaired) electrons. The zero-order valence-electron chi connectivity index (χ0n) is 12.2. The molecule has 0 saturated carbocycles. The van der Waals surface area contributed by atoms with Gasteiger partial charge in [0.15, 0.2) is 0 Å². The molecular formula is C15H17ClN4O. The van der Waals surface area contributed by atoms with Crippen LogP contribution in [0.25, 0.3) is 0 Å². The van der Waals surface area contributed by atoms with E-state index in [1.54, 1.807) is 25.1 Å². The minimum absolute atomic E-state index is 0.228. The van der Waals surface area contributed by atoms with Crippen LogP contribution >= 0.6 is 11.6 Å². The maximum atomic E-state index is 12.4. The van der Waals surface area contributed by atoms with Gasteiger partial charge in [-0.15, -0.1) is 0 Å². The second kappa shape index (κ2) is 6.10. The number of nitrogens with one attached hydrogen (secondary N) is 1. The fraction of sp³-hybridized carbons (Fsp3) is 0.267. The average Bonchev–Trinajstić information content (AvgIpc) is 2.44. The molecule has 6 heteroatoms. The van der Waals surface area contributed by atoms with Crippen molar-refractivity contribution in [3.63, 3.8) is 0 Å². The predicted octanol–water partition coefficient (Wildman–Crippen LogP) is 3.14. The average molecular weight is 305 g/mol. The number of benzene rings is 1. The van der Waals surface area contributed by atoms with Gasteiger partial charge in [0.1, 0.15) is 0 Å². The number of halogens is 1. The van der Waals surface area contributed by atoms with E-state index in [1.807, 2.05) is 13.8 Å². The third-order valence-corrected chi connectivity index (χ3v) is 3.49. The van der Waals surface area contributed by atoms with E-state index >= 15 is 0 Å². The van der Waals surface area contributed by atoms with Gasteiger partial charge in [-0.1, -0.05) is 18.5 Å². The molecule has 0 unspecified atom stereocenters. The summed E-state index contributed by atoms with van der Waals surface area (Å²) in [5, 5.41) is 11.3. The van der Waals surface area contributed by atoms with Crippen molar-refractivity contribution < 1.29 is 4.79 Å². The van der Waals surface area contributed by atoms with Crippen LogP contribution in [0.15, 0.2) is 18.2 Å². The van der Waals surface area contributed by atoms with Crippen molar-refractivity contribution >= 4 is 28.9 Å². The van der Waals surface area contributed by atoms with Crippen molar-refractivity contribution in [2.45, 2.75) is 27.2 Å². The number of nitrogens with two attached hydrogens (primary N) is 1. The van der Waals surface area contributed by atoms with E-state index in [0.717, 1.165) is 5.56 Å². The van der Waals surface area contributed by atoms with E-state index in [1.165, 1.54) is 0 Å². The third-order valence-electron chi connectivity index (χ3n) is 3.16. The Morgan fingerprint density at radius 2 is 2.00 bits per heavy atom. The lowest BCUT2D eigenvalue weighted by Gasteiger charge is -2.12. The van der Waals surface area contributed by atoms with E-state index in [9.17, 15) is 4.79 Å². The van der Waals surface area contributed by atoms with Gasteiger partial charge in [0.2, 0.25) is 0 Å². The van der Waals surface area contributed by atoms with E-state index < -0.39 is 0 Å². The number of carbonyl (C=O) groups is 1. The van der Waals surface area contributed by atoms with Crippen LogP contribution < -0.4 is 11.1 Å². The molecule has 0 bridgehead atoms. The van der Waals surface area contributed by atoms with E-state index in [0.29, 0.717) is 39.8 Å². The molecule has 2 aromatic rings. The Bertz CT molecular complexity index is 700. The highest BCUT2D eigenvalue weighted by Gasteiger charge is 2.14. The lowest BCUT2D eigenvalue weighted by molar-refractivity contribution is 0.102. The molecule has 1 aromatic carbocycles. The quantitative estimate of drug-likeness (QED) is 0.854. The monoisotopic (exact) mass is 304 g/mol. The second-order valence-electron chi connectivity index (χ2n) is 4.84. The largest absolute Gasteiger partial charge is 0.398 e. The normalized spacial score (nSPS) is 10.5. The zero-order valence-corrected chi connectivity index (χ0v) is 13.0. The lowest BCUT2D eigenvalue weighted by Crippen LogP contribution is -2.17. The molecule has 2 rings (SSSR count). The molecular weight excluding hydrogens is 288 g/mol. The topological polar surface area (TPSA) is 80.9 Å². The molecule has 5 nitrogen and oxygen atoms in total. The van der Waals surface area contributed by atoms with Gasteiger partial charge in [-0.3, -0.25) is 4.79 Å². The van der Waals surface area contributed by atoms with Crippen LogP contribution in [-0.2, 0) is 6.42 Å². The van der Waals surface area contributed by atoms with Gasteiger partial charge in [-0.05, 0) is 44.0 Å². The molecule has 1 amide bonds. The number of anilines is 2. The smallest absolute Gasteiger partial charge is 0.257 e. The van der Waals surface area contributed by atoms with Gasteiger partial charge >= 0.3 is 0 Å². The molecule has 1 heterocycles. The Balaban J connectivity index is 2.34. The van der Waals surface area contributed by atoms with Gasteiger partial charge < -0.3 is 11.1 Å². The summed E-state index contributed by atoms with van der Waals surface area (Å²) in [6.45, 7) is 5.59. The van der Waals surface area contributed by atoms with E-state index in [-0.39, 0.29) is 5.91 Å². The van der Waals surface area contributed by atoms with Gasteiger partial charge in [-0.25, -0.2) is 0 Å². The van der Waals surface area contributed by atoms with E-state index in [4.69, 9.17) is 17.3 Å². The summed E-state index contributed by atoms with van der Waals surface area (Å²) in [7, 11) is 0.